The Kier molecular flexibility index (Phi) is 4.48. The Hall–Kier alpha value is -1.91. The lowest BCUT2D eigenvalue weighted by atomic mass is 9.81. The summed E-state index contributed by atoms with van der Waals surface area (Å²) in [5.74, 6) is 7.44. The number of ether oxygens (including phenoxy) is 1. The molecule has 4 heteroatoms. The van der Waals surface area contributed by atoms with Gasteiger partial charge < -0.3 is 4.74 Å². The predicted octanol–water partition coefficient (Wildman–Crippen LogP) is 4.02. The van der Waals surface area contributed by atoms with Gasteiger partial charge >= 0.3 is 0 Å². The van der Waals surface area contributed by atoms with Crippen molar-refractivity contribution in [3.05, 3.63) is 65.0 Å². The standard InChI is InChI=1S/C21H25FN2O/c1-14-10-17-12-19(22)13-18(21(17)25-14)11-16-8-5-9-24(23)20(16)15-6-3-2-4-7-15/h2-4,6-7,12-14,16,20H,5,8-11,23H2,1H3/t14?,16-,20+/m0/s1. The van der Waals surface area contributed by atoms with Gasteiger partial charge in [0.15, 0.2) is 0 Å². The summed E-state index contributed by atoms with van der Waals surface area (Å²) in [4.78, 5) is 0. The summed E-state index contributed by atoms with van der Waals surface area (Å²) in [6.07, 6.45) is 3.86. The highest BCUT2D eigenvalue weighted by atomic mass is 19.1. The molecule has 1 saturated heterocycles. The fourth-order valence-corrected chi connectivity index (χ4v) is 4.43. The van der Waals surface area contributed by atoms with Crippen LogP contribution in [0.2, 0.25) is 0 Å². The van der Waals surface area contributed by atoms with Crippen molar-refractivity contribution in [2.45, 2.75) is 44.8 Å². The van der Waals surface area contributed by atoms with Gasteiger partial charge in [0.2, 0.25) is 0 Å². The molecule has 132 valence electrons. The van der Waals surface area contributed by atoms with Gasteiger partial charge in [0, 0.05) is 18.5 Å². The molecule has 0 spiro atoms. The monoisotopic (exact) mass is 340 g/mol. The summed E-state index contributed by atoms with van der Waals surface area (Å²) >= 11 is 0. The molecule has 0 aliphatic carbocycles. The number of fused-ring (bicyclic) bond motifs is 1. The number of hydrogen-bond donors (Lipinski definition) is 1. The van der Waals surface area contributed by atoms with E-state index in [0.717, 1.165) is 49.1 Å². The van der Waals surface area contributed by atoms with E-state index in [9.17, 15) is 4.39 Å². The van der Waals surface area contributed by atoms with E-state index in [4.69, 9.17) is 10.6 Å². The first kappa shape index (κ1) is 16.6. The van der Waals surface area contributed by atoms with Gasteiger partial charge in [-0.2, -0.15) is 0 Å². The van der Waals surface area contributed by atoms with E-state index in [0.29, 0.717) is 5.92 Å². The van der Waals surface area contributed by atoms with Gasteiger partial charge in [0.05, 0.1) is 6.04 Å². The number of piperidine rings is 1. The molecule has 25 heavy (non-hydrogen) atoms. The summed E-state index contributed by atoms with van der Waals surface area (Å²) < 4.78 is 20.1. The number of hydrogen-bond acceptors (Lipinski definition) is 3. The zero-order chi connectivity index (χ0) is 17.4. The Morgan fingerprint density at radius 1 is 1.24 bits per heavy atom. The summed E-state index contributed by atoms with van der Waals surface area (Å²) in [6, 6.07) is 13.8. The zero-order valence-electron chi connectivity index (χ0n) is 14.6. The van der Waals surface area contributed by atoms with E-state index in [-0.39, 0.29) is 18.0 Å². The first-order chi connectivity index (χ1) is 12.1. The van der Waals surface area contributed by atoms with Crippen LogP contribution in [0.1, 0.15) is 42.5 Å². The van der Waals surface area contributed by atoms with Crippen LogP contribution in [0.3, 0.4) is 0 Å². The number of rotatable bonds is 3. The lowest BCUT2D eigenvalue weighted by Crippen LogP contribution is -2.44. The van der Waals surface area contributed by atoms with E-state index >= 15 is 0 Å². The third kappa shape index (κ3) is 3.29. The fourth-order valence-electron chi connectivity index (χ4n) is 4.43. The van der Waals surface area contributed by atoms with Crippen molar-refractivity contribution in [2.75, 3.05) is 6.54 Å². The minimum absolute atomic E-state index is 0.123. The molecule has 2 heterocycles. The molecule has 3 atom stereocenters. The van der Waals surface area contributed by atoms with Crippen molar-refractivity contribution >= 4 is 0 Å². The first-order valence-corrected chi connectivity index (χ1v) is 9.16. The lowest BCUT2D eigenvalue weighted by Gasteiger charge is -2.39. The molecule has 0 amide bonds. The van der Waals surface area contributed by atoms with Gasteiger partial charge in [-0.25, -0.2) is 9.40 Å². The Balaban J connectivity index is 1.65. The second kappa shape index (κ2) is 6.77. The average molecular weight is 340 g/mol. The minimum Gasteiger partial charge on any atom is -0.490 e. The van der Waals surface area contributed by atoms with Crippen LogP contribution in [0.25, 0.3) is 0 Å². The molecule has 2 aliphatic rings. The maximum atomic E-state index is 14.1. The average Bonchev–Trinajstić information content (AvgIpc) is 2.96. The Labute approximate surface area is 148 Å². The fraction of sp³-hybridized carbons (Fsp3) is 0.429. The van der Waals surface area contributed by atoms with Crippen LogP contribution in [-0.2, 0) is 12.8 Å². The van der Waals surface area contributed by atoms with Crippen LogP contribution in [0.5, 0.6) is 5.75 Å². The van der Waals surface area contributed by atoms with Crippen LogP contribution in [-0.4, -0.2) is 17.7 Å². The van der Waals surface area contributed by atoms with Crippen molar-refractivity contribution in [2.24, 2.45) is 11.8 Å². The molecule has 0 radical (unpaired) electrons. The van der Waals surface area contributed by atoms with Gasteiger partial charge in [-0.05, 0) is 55.4 Å². The Morgan fingerprint density at radius 2 is 2.04 bits per heavy atom. The van der Waals surface area contributed by atoms with E-state index in [1.807, 2.05) is 18.0 Å². The minimum atomic E-state index is -0.164. The second-order valence-corrected chi connectivity index (χ2v) is 7.39. The van der Waals surface area contributed by atoms with Gasteiger partial charge in [-0.1, -0.05) is 30.3 Å². The summed E-state index contributed by atoms with van der Waals surface area (Å²) in [5, 5.41) is 1.95. The van der Waals surface area contributed by atoms with E-state index in [1.54, 1.807) is 12.1 Å². The topological polar surface area (TPSA) is 38.5 Å². The van der Waals surface area contributed by atoms with Crippen molar-refractivity contribution < 1.29 is 9.13 Å². The van der Waals surface area contributed by atoms with Gasteiger partial charge in [-0.3, -0.25) is 5.84 Å². The highest BCUT2D eigenvalue weighted by Crippen LogP contribution is 2.40. The predicted molar refractivity (Wildman–Crippen MR) is 96.7 cm³/mol. The summed E-state index contributed by atoms with van der Waals surface area (Å²) in [5.41, 5.74) is 3.22. The van der Waals surface area contributed by atoms with E-state index < -0.39 is 0 Å². The number of halogens is 1. The van der Waals surface area contributed by atoms with Crippen LogP contribution in [0.15, 0.2) is 42.5 Å². The van der Waals surface area contributed by atoms with Gasteiger partial charge in [0.1, 0.15) is 17.7 Å². The molecule has 0 saturated carbocycles. The normalized spacial score (nSPS) is 26.3. The molecule has 2 aromatic rings. The Bertz CT molecular complexity index is 749. The molecule has 4 rings (SSSR count). The van der Waals surface area contributed by atoms with Crippen molar-refractivity contribution in [1.82, 2.24) is 5.01 Å². The van der Waals surface area contributed by atoms with E-state index in [2.05, 4.69) is 24.3 Å². The quantitative estimate of drug-likeness (QED) is 0.858. The second-order valence-electron chi connectivity index (χ2n) is 7.39. The summed E-state index contributed by atoms with van der Waals surface area (Å²) in [6.45, 7) is 2.93. The summed E-state index contributed by atoms with van der Waals surface area (Å²) in [7, 11) is 0. The molecule has 2 aromatic carbocycles. The van der Waals surface area contributed by atoms with Gasteiger partial charge in [0.25, 0.3) is 0 Å². The number of nitrogens with zero attached hydrogens (tertiary/aromatic N) is 1. The van der Waals surface area contributed by atoms with Crippen LogP contribution in [0, 0.1) is 11.7 Å². The largest absolute Gasteiger partial charge is 0.490 e. The third-order valence-electron chi connectivity index (χ3n) is 5.45. The molecule has 2 N–H and O–H groups in total. The third-order valence-corrected chi connectivity index (χ3v) is 5.45. The highest BCUT2D eigenvalue weighted by molar-refractivity contribution is 5.45. The van der Waals surface area contributed by atoms with Crippen molar-refractivity contribution in [3.8, 4) is 5.75 Å². The molecular weight excluding hydrogens is 315 g/mol. The Morgan fingerprint density at radius 3 is 2.84 bits per heavy atom. The van der Waals surface area contributed by atoms with Crippen LogP contribution >= 0.6 is 0 Å². The SMILES string of the molecule is CC1Cc2cc(F)cc(C[C@@H]3CCCN(N)[C@@H]3c3ccccc3)c2O1. The molecular formula is C21H25FN2O. The van der Waals surface area contributed by atoms with Crippen LogP contribution < -0.4 is 10.6 Å². The highest BCUT2D eigenvalue weighted by Gasteiger charge is 2.33. The molecule has 0 bridgehead atoms. The zero-order valence-corrected chi connectivity index (χ0v) is 14.6. The molecule has 1 unspecified atom stereocenters. The molecule has 3 nitrogen and oxygen atoms in total. The number of benzene rings is 2. The number of hydrazine groups is 1. The smallest absolute Gasteiger partial charge is 0.126 e. The maximum Gasteiger partial charge on any atom is 0.126 e. The lowest BCUT2D eigenvalue weighted by molar-refractivity contribution is 0.0920. The van der Waals surface area contributed by atoms with Crippen LogP contribution in [0.4, 0.5) is 4.39 Å². The molecule has 0 aromatic heterocycles. The van der Waals surface area contributed by atoms with E-state index in [1.165, 1.54) is 5.56 Å². The molecule has 1 fully saturated rings. The van der Waals surface area contributed by atoms with Gasteiger partial charge in [-0.15, -0.1) is 0 Å². The maximum absolute atomic E-state index is 14.1. The van der Waals surface area contributed by atoms with Crippen molar-refractivity contribution in [1.29, 1.82) is 0 Å². The number of nitrogens with two attached hydrogens (primary N) is 1. The first-order valence-electron chi connectivity index (χ1n) is 9.16. The van der Waals surface area contributed by atoms with Crippen molar-refractivity contribution in [3.63, 3.8) is 0 Å². The molecule has 2 aliphatic heterocycles.